The number of carbonyl (C=O) groups excluding carboxylic acids is 1. The zero-order valence-electron chi connectivity index (χ0n) is 13.1. The van der Waals surface area contributed by atoms with Gasteiger partial charge in [0.1, 0.15) is 0 Å². The number of carboxylic acids is 1. The summed E-state index contributed by atoms with van der Waals surface area (Å²) in [4.78, 5) is 26.1. The average Bonchev–Trinajstić information content (AvgIpc) is 2.46. The number of amides is 1. The molecule has 0 unspecified atom stereocenters. The highest BCUT2D eigenvalue weighted by Crippen LogP contribution is 2.12. The molecule has 1 rings (SSSR count). The minimum absolute atomic E-state index is 0.0312. The highest BCUT2D eigenvalue weighted by molar-refractivity contribution is 8.00. The van der Waals surface area contributed by atoms with E-state index in [4.69, 9.17) is 5.11 Å². The predicted molar refractivity (Wildman–Crippen MR) is 85.3 cm³/mol. The van der Waals surface area contributed by atoms with E-state index < -0.39 is 17.6 Å². The summed E-state index contributed by atoms with van der Waals surface area (Å²) in [5.41, 5.74) is 0.485. The molecule has 128 valence electrons. The maximum atomic E-state index is 13.3. The summed E-state index contributed by atoms with van der Waals surface area (Å²) in [6.45, 7) is 1.18. The van der Waals surface area contributed by atoms with E-state index in [1.165, 1.54) is 11.0 Å². The van der Waals surface area contributed by atoms with Crippen molar-refractivity contribution in [3.05, 3.63) is 35.4 Å². The lowest BCUT2D eigenvalue weighted by atomic mass is 10.2. The van der Waals surface area contributed by atoms with Gasteiger partial charge in [-0.1, -0.05) is 6.07 Å². The maximum Gasteiger partial charge on any atom is 0.313 e. The fourth-order valence-corrected chi connectivity index (χ4v) is 2.42. The molecule has 8 heteroatoms. The number of benzene rings is 1. The van der Waals surface area contributed by atoms with E-state index in [0.717, 1.165) is 23.9 Å². The van der Waals surface area contributed by atoms with Crippen LogP contribution in [0.1, 0.15) is 5.56 Å². The van der Waals surface area contributed by atoms with E-state index in [9.17, 15) is 18.4 Å². The molecular formula is C15H20F2N2O3S. The topological polar surface area (TPSA) is 60.9 Å². The number of hydrogen-bond acceptors (Lipinski definition) is 4. The van der Waals surface area contributed by atoms with Crippen LogP contribution in [0.4, 0.5) is 8.78 Å². The van der Waals surface area contributed by atoms with E-state index in [1.54, 1.807) is 0 Å². The van der Waals surface area contributed by atoms with Crippen molar-refractivity contribution < 1.29 is 23.5 Å². The minimum Gasteiger partial charge on any atom is -0.481 e. The van der Waals surface area contributed by atoms with Gasteiger partial charge in [-0.3, -0.25) is 9.59 Å². The van der Waals surface area contributed by atoms with Crippen molar-refractivity contribution in [2.75, 3.05) is 38.7 Å². The van der Waals surface area contributed by atoms with E-state index in [2.05, 4.69) is 0 Å². The highest BCUT2D eigenvalue weighted by Gasteiger charge is 2.16. The average molecular weight is 346 g/mol. The summed E-state index contributed by atoms with van der Waals surface area (Å²) in [5, 5.41) is 8.60. The molecule has 0 bridgehead atoms. The molecule has 5 nitrogen and oxygen atoms in total. The van der Waals surface area contributed by atoms with E-state index in [-0.39, 0.29) is 24.0 Å². The van der Waals surface area contributed by atoms with Gasteiger partial charge < -0.3 is 14.9 Å². The quantitative estimate of drug-likeness (QED) is 0.737. The predicted octanol–water partition coefficient (Wildman–Crippen LogP) is 1.67. The van der Waals surface area contributed by atoms with Crippen LogP contribution < -0.4 is 0 Å². The third-order valence-electron chi connectivity index (χ3n) is 2.98. The Hall–Kier alpha value is -1.67. The van der Waals surface area contributed by atoms with E-state index in [1.807, 2.05) is 19.0 Å². The van der Waals surface area contributed by atoms with Gasteiger partial charge in [-0.25, -0.2) is 8.78 Å². The monoisotopic (exact) mass is 346 g/mol. The van der Waals surface area contributed by atoms with Crippen LogP contribution in [0, 0.1) is 11.6 Å². The molecular weight excluding hydrogens is 326 g/mol. The second kappa shape index (κ2) is 9.46. The number of aliphatic carboxylic acids is 1. The molecule has 1 aromatic carbocycles. The molecule has 0 aliphatic carbocycles. The Labute approximate surface area is 138 Å². The van der Waals surface area contributed by atoms with Crippen molar-refractivity contribution >= 4 is 23.6 Å². The lowest BCUT2D eigenvalue weighted by Gasteiger charge is -2.24. The van der Waals surface area contributed by atoms with Crippen molar-refractivity contribution in [2.24, 2.45) is 0 Å². The molecule has 0 aromatic heterocycles. The second-order valence-corrected chi connectivity index (χ2v) is 6.24. The number of thioether (sulfide) groups is 1. The first kappa shape index (κ1) is 19.4. The van der Waals surface area contributed by atoms with Crippen LogP contribution in [-0.4, -0.2) is 65.5 Å². The first-order chi connectivity index (χ1) is 10.8. The third kappa shape index (κ3) is 7.43. The van der Waals surface area contributed by atoms with Gasteiger partial charge >= 0.3 is 5.97 Å². The van der Waals surface area contributed by atoms with Crippen LogP contribution in [0.3, 0.4) is 0 Å². The van der Waals surface area contributed by atoms with Crippen molar-refractivity contribution in [3.63, 3.8) is 0 Å². The lowest BCUT2D eigenvalue weighted by Crippen LogP contribution is -2.37. The number of halogens is 2. The van der Waals surface area contributed by atoms with Crippen LogP contribution >= 0.6 is 11.8 Å². The van der Waals surface area contributed by atoms with Crippen LogP contribution in [0.5, 0.6) is 0 Å². The fraction of sp³-hybridized carbons (Fsp3) is 0.467. The summed E-state index contributed by atoms with van der Waals surface area (Å²) < 4.78 is 26.2. The van der Waals surface area contributed by atoms with Crippen LogP contribution in [0.25, 0.3) is 0 Å². The van der Waals surface area contributed by atoms with Crippen LogP contribution in [0.2, 0.25) is 0 Å². The summed E-state index contributed by atoms with van der Waals surface area (Å²) in [5.74, 6) is -3.23. The summed E-state index contributed by atoms with van der Waals surface area (Å²) in [6, 6.07) is 3.52. The van der Waals surface area contributed by atoms with Crippen molar-refractivity contribution in [3.8, 4) is 0 Å². The summed E-state index contributed by atoms with van der Waals surface area (Å²) in [7, 11) is 3.72. The van der Waals surface area contributed by atoms with Gasteiger partial charge in [-0.2, -0.15) is 0 Å². The molecule has 0 saturated heterocycles. The molecule has 23 heavy (non-hydrogen) atoms. The van der Waals surface area contributed by atoms with Crippen molar-refractivity contribution in [2.45, 2.75) is 6.54 Å². The van der Waals surface area contributed by atoms with Gasteiger partial charge in [0.2, 0.25) is 5.91 Å². The molecule has 1 amide bonds. The Morgan fingerprint density at radius 1 is 1.13 bits per heavy atom. The van der Waals surface area contributed by atoms with Gasteiger partial charge in [0.05, 0.1) is 11.5 Å². The fourth-order valence-electron chi connectivity index (χ4n) is 1.79. The standard InChI is InChI=1S/C15H20F2N2O3S/c1-18(2)5-6-19(14(20)9-23-10-15(21)22)8-11-3-4-12(16)13(17)7-11/h3-4,7H,5-6,8-10H2,1-2H3,(H,21,22). The molecule has 0 fully saturated rings. The molecule has 1 aromatic rings. The summed E-state index contributed by atoms with van der Waals surface area (Å²) in [6.07, 6.45) is 0. The first-order valence-electron chi connectivity index (χ1n) is 6.95. The molecule has 0 saturated carbocycles. The molecule has 0 heterocycles. The van der Waals surface area contributed by atoms with E-state index >= 15 is 0 Å². The third-order valence-corrected chi connectivity index (χ3v) is 3.88. The van der Waals surface area contributed by atoms with Crippen molar-refractivity contribution in [1.82, 2.24) is 9.80 Å². The lowest BCUT2D eigenvalue weighted by molar-refractivity contribution is -0.133. The molecule has 1 N–H and O–H groups in total. The number of likely N-dealkylation sites (N-methyl/N-ethyl adjacent to an activating group) is 1. The zero-order valence-corrected chi connectivity index (χ0v) is 13.9. The van der Waals surface area contributed by atoms with Gasteiger partial charge in [0.25, 0.3) is 0 Å². The molecule has 0 aliphatic rings. The zero-order chi connectivity index (χ0) is 17.4. The summed E-state index contributed by atoms with van der Waals surface area (Å²) >= 11 is 1.01. The Morgan fingerprint density at radius 2 is 1.83 bits per heavy atom. The van der Waals surface area contributed by atoms with E-state index in [0.29, 0.717) is 18.7 Å². The molecule has 0 aliphatic heterocycles. The molecule has 0 radical (unpaired) electrons. The minimum atomic E-state index is -0.983. The van der Waals surface area contributed by atoms with Gasteiger partial charge in [-0.05, 0) is 31.8 Å². The highest BCUT2D eigenvalue weighted by atomic mass is 32.2. The number of rotatable bonds is 9. The number of carbonyl (C=O) groups is 2. The second-order valence-electron chi connectivity index (χ2n) is 5.25. The number of hydrogen-bond donors (Lipinski definition) is 1. The first-order valence-corrected chi connectivity index (χ1v) is 8.11. The Balaban J connectivity index is 2.72. The van der Waals surface area contributed by atoms with Gasteiger partial charge in [-0.15, -0.1) is 11.8 Å². The molecule has 0 spiro atoms. The smallest absolute Gasteiger partial charge is 0.313 e. The number of carboxylic acid groups (broad SMARTS) is 1. The normalized spacial score (nSPS) is 10.8. The van der Waals surface area contributed by atoms with Crippen LogP contribution in [0.15, 0.2) is 18.2 Å². The van der Waals surface area contributed by atoms with Gasteiger partial charge in [0.15, 0.2) is 11.6 Å². The van der Waals surface area contributed by atoms with Gasteiger partial charge in [0, 0.05) is 19.6 Å². The Morgan fingerprint density at radius 3 is 2.39 bits per heavy atom. The maximum absolute atomic E-state index is 13.3. The Kier molecular flexibility index (Phi) is 7.97. The number of nitrogens with zero attached hydrogens (tertiary/aromatic N) is 2. The van der Waals surface area contributed by atoms with Crippen molar-refractivity contribution in [1.29, 1.82) is 0 Å². The Bertz CT molecular complexity index is 556. The SMILES string of the molecule is CN(C)CCN(Cc1ccc(F)c(F)c1)C(=O)CSCC(=O)O. The van der Waals surface area contributed by atoms with Crippen LogP contribution in [-0.2, 0) is 16.1 Å². The molecule has 0 atom stereocenters. The largest absolute Gasteiger partial charge is 0.481 e.